The predicted octanol–water partition coefficient (Wildman–Crippen LogP) is 2.09. The molecule has 1 saturated carbocycles. The van der Waals surface area contributed by atoms with Gasteiger partial charge in [-0.05, 0) is 31.1 Å². The molecule has 2 aliphatic rings. The van der Waals surface area contributed by atoms with Crippen LogP contribution in [0.1, 0.15) is 46.0 Å². The van der Waals surface area contributed by atoms with Gasteiger partial charge in [-0.15, -0.1) is 0 Å². The van der Waals surface area contributed by atoms with E-state index in [2.05, 4.69) is 18.7 Å². The molecule has 1 aliphatic carbocycles. The van der Waals surface area contributed by atoms with Crippen molar-refractivity contribution in [3.05, 3.63) is 0 Å². The van der Waals surface area contributed by atoms with E-state index < -0.39 is 9.84 Å². The van der Waals surface area contributed by atoms with E-state index in [4.69, 9.17) is 5.73 Å². The number of nitrogens with two attached hydrogens (primary N) is 1. The van der Waals surface area contributed by atoms with Gasteiger partial charge < -0.3 is 5.73 Å². The maximum Gasteiger partial charge on any atom is 0.164 e. The molecular formula is C15H30N2O2S2. The van der Waals surface area contributed by atoms with Crippen molar-refractivity contribution in [1.29, 1.82) is 0 Å². The molecule has 2 unspecified atom stereocenters. The molecule has 124 valence electrons. The van der Waals surface area contributed by atoms with Gasteiger partial charge in [-0.3, -0.25) is 4.90 Å². The highest BCUT2D eigenvalue weighted by Crippen LogP contribution is 2.42. The van der Waals surface area contributed by atoms with Gasteiger partial charge in [-0.1, -0.05) is 20.3 Å². The van der Waals surface area contributed by atoms with E-state index in [0.717, 1.165) is 38.0 Å². The van der Waals surface area contributed by atoms with Crippen LogP contribution in [0.2, 0.25) is 0 Å². The molecule has 21 heavy (non-hydrogen) atoms. The van der Waals surface area contributed by atoms with Crippen molar-refractivity contribution in [3.8, 4) is 0 Å². The first-order valence-electron chi connectivity index (χ1n) is 7.94. The van der Waals surface area contributed by atoms with Gasteiger partial charge in [0.1, 0.15) is 5.37 Å². The Morgan fingerprint density at radius 3 is 2.57 bits per heavy atom. The third-order valence-electron chi connectivity index (χ3n) is 5.33. The van der Waals surface area contributed by atoms with E-state index >= 15 is 0 Å². The number of hydrogen-bond donors (Lipinski definition) is 1. The molecule has 2 rings (SSSR count). The summed E-state index contributed by atoms with van der Waals surface area (Å²) in [5.74, 6) is 1.70. The fourth-order valence-corrected chi connectivity index (χ4v) is 6.75. The van der Waals surface area contributed by atoms with Crippen LogP contribution in [0.3, 0.4) is 0 Å². The first-order chi connectivity index (χ1) is 9.70. The molecule has 0 aromatic rings. The second kappa shape index (κ2) is 6.38. The van der Waals surface area contributed by atoms with Crippen molar-refractivity contribution in [2.24, 2.45) is 11.1 Å². The Balaban J connectivity index is 2.29. The predicted molar refractivity (Wildman–Crippen MR) is 91.3 cm³/mol. The Labute approximate surface area is 134 Å². The molecule has 1 aliphatic heterocycles. The summed E-state index contributed by atoms with van der Waals surface area (Å²) in [5, 5.41) is -0.360. The lowest BCUT2D eigenvalue weighted by Gasteiger charge is -2.48. The average Bonchev–Trinajstić information content (AvgIpc) is 2.57. The summed E-state index contributed by atoms with van der Waals surface area (Å²) in [4.78, 5) is 2.25. The molecule has 1 saturated heterocycles. The van der Waals surface area contributed by atoms with Gasteiger partial charge in [0.25, 0.3) is 0 Å². The molecular weight excluding hydrogens is 304 g/mol. The Hall–Kier alpha value is 0.220. The smallest absolute Gasteiger partial charge is 0.164 e. The van der Waals surface area contributed by atoms with Crippen LogP contribution in [-0.4, -0.2) is 55.1 Å². The topological polar surface area (TPSA) is 63.4 Å². The lowest BCUT2D eigenvalue weighted by Crippen LogP contribution is -2.62. The number of thioether (sulfide) groups is 1. The molecule has 0 aromatic heterocycles. The van der Waals surface area contributed by atoms with E-state index in [9.17, 15) is 8.42 Å². The first-order valence-corrected chi connectivity index (χ1v) is 11.0. The van der Waals surface area contributed by atoms with Crippen LogP contribution in [0.25, 0.3) is 0 Å². The third kappa shape index (κ3) is 3.95. The average molecular weight is 335 g/mol. The molecule has 2 atom stereocenters. The summed E-state index contributed by atoms with van der Waals surface area (Å²) in [6.07, 6.45) is 6.91. The van der Waals surface area contributed by atoms with E-state index in [1.807, 2.05) is 0 Å². The number of sulfone groups is 1. The molecule has 6 heteroatoms. The normalized spacial score (nSPS) is 35.3. The molecule has 1 heterocycles. The summed E-state index contributed by atoms with van der Waals surface area (Å²) in [6, 6.07) is 0. The van der Waals surface area contributed by atoms with Crippen LogP contribution in [0.4, 0.5) is 0 Å². The van der Waals surface area contributed by atoms with Crippen molar-refractivity contribution < 1.29 is 8.42 Å². The Bertz CT molecular complexity index is 464. The van der Waals surface area contributed by atoms with Crippen LogP contribution in [0.15, 0.2) is 0 Å². The second-order valence-corrected chi connectivity index (χ2v) is 10.9. The molecule has 0 bridgehead atoms. The van der Waals surface area contributed by atoms with E-state index in [0.29, 0.717) is 17.7 Å². The van der Waals surface area contributed by atoms with Crippen molar-refractivity contribution in [1.82, 2.24) is 4.90 Å². The molecule has 0 spiro atoms. The molecule has 0 radical (unpaired) electrons. The van der Waals surface area contributed by atoms with Crippen LogP contribution < -0.4 is 5.73 Å². The lowest BCUT2D eigenvalue weighted by molar-refractivity contribution is 0.0710. The molecule has 2 N–H and O–H groups in total. The second-order valence-electron chi connectivity index (χ2n) is 7.50. The van der Waals surface area contributed by atoms with Crippen molar-refractivity contribution in [2.75, 3.05) is 30.9 Å². The summed E-state index contributed by atoms with van der Waals surface area (Å²) < 4.78 is 24.4. The minimum absolute atomic E-state index is 0.123. The van der Waals surface area contributed by atoms with Gasteiger partial charge in [0.05, 0.1) is 0 Å². The van der Waals surface area contributed by atoms with Gasteiger partial charge in [-0.25, -0.2) is 8.42 Å². The highest BCUT2D eigenvalue weighted by atomic mass is 32.2. The zero-order valence-corrected chi connectivity index (χ0v) is 15.2. The first kappa shape index (κ1) is 17.6. The quantitative estimate of drug-likeness (QED) is 0.801. The Morgan fingerprint density at radius 2 is 1.95 bits per heavy atom. The standard InChI is InChI=1S/C15H30N2O2S2/c1-14(2)5-4-6-15(12-16,8-7-14)17-9-10-20-11-13(17)21(3,18)19/h13H,4-12,16H2,1-3H3. The highest BCUT2D eigenvalue weighted by molar-refractivity contribution is 8.00. The summed E-state index contributed by atoms with van der Waals surface area (Å²) in [5.41, 5.74) is 6.42. The summed E-state index contributed by atoms with van der Waals surface area (Å²) >= 11 is 1.75. The van der Waals surface area contributed by atoms with E-state index in [1.165, 1.54) is 12.7 Å². The fraction of sp³-hybridized carbons (Fsp3) is 1.00. The maximum atomic E-state index is 12.2. The van der Waals surface area contributed by atoms with Gasteiger partial charge >= 0.3 is 0 Å². The van der Waals surface area contributed by atoms with Crippen molar-refractivity contribution in [3.63, 3.8) is 0 Å². The van der Waals surface area contributed by atoms with Crippen LogP contribution in [-0.2, 0) is 9.84 Å². The SMILES string of the molecule is CC1(C)CCCC(CN)(N2CCSCC2S(C)(=O)=O)CC1. The van der Waals surface area contributed by atoms with Crippen LogP contribution >= 0.6 is 11.8 Å². The van der Waals surface area contributed by atoms with Crippen LogP contribution in [0.5, 0.6) is 0 Å². The Kier molecular flexibility index (Phi) is 5.34. The minimum atomic E-state index is -3.06. The van der Waals surface area contributed by atoms with Gasteiger partial charge in [0, 0.05) is 36.4 Å². The van der Waals surface area contributed by atoms with Crippen molar-refractivity contribution >= 4 is 21.6 Å². The third-order valence-corrected chi connectivity index (χ3v) is 7.97. The zero-order valence-electron chi connectivity index (χ0n) is 13.6. The van der Waals surface area contributed by atoms with Crippen LogP contribution in [0, 0.1) is 5.41 Å². The van der Waals surface area contributed by atoms with Gasteiger partial charge in [0.2, 0.25) is 0 Å². The summed E-state index contributed by atoms with van der Waals surface area (Å²) in [7, 11) is -3.06. The fourth-order valence-electron chi connectivity index (χ4n) is 3.80. The minimum Gasteiger partial charge on any atom is -0.329 e. The monoisotopic (exact) mass is 334 g/mol. The molecule has 0 aromatic carbocycles. The number of hydrogen-bond acceptors (Lipinski definition) is 5. The summed E-state index contributed by atoms with van der Waals surface area (Å²) in [6.45, 7) is 6.05. The van der Waals surface area contributed by atoms with E-state index in [-0.39, 0.29) is 10.9 Å². The lowest BCUT2D eigenvalue weighted by atomic mass is 9.83. The highest BCUT2D eigenvalue weighted by Gasteiger charge is 2.45. The van der Waals surface area contributed by atoms with Gasteiger partial charge in [0.15, 0.2) is 9.84 Å². The number of nitrogens with zero attached hydrogens (tertiary/aromatic N) is 1. The van der Waals surface area contributed by atoms with Crippen molar-refractivity contribution in [2.45, 2.75) is 56.9 Å². The Morgan fingerprint density at radius 1 is 1.24 bits per heavy atom. The van der Waals surface area contributed by atoms with Gasteiger partial charge in [-0.2, -0.15) is 11.8 Å². The van der Waals surface area contributed by atoms with E-state index in [1.54, 1.807) is 11.8 Å². The molecule has 2 fully saturated rings. The largest absolute Gasteiger partial charge is 0.329 e. The molecule has 4 nitrogen and oxygen atoms in total. The maximum absolute atomic E-state index is 12.2. The zero-order chi connectivity index (χ0) is 15.7. The molecule has 0 amide bonds. The number of rotatable bonds is 3.